The minimum atomic E-state index is -0.781. The Morgan fingerprint density at radius 1 is 0.256 bits per heavy atom. The third-order valence-corrected chi connectivity index (χ3v) is 14.7. The molecule has 0 saturated carbocycles. The fourth-order valence-corrected chi connectivity index (χ4v) is 9.55. The molecule has 0 heterocycles. The quantitative estimate of drug-likeness (QED) is 0.0261. The Morgan fingerprint density at radius 3 is 0.744 bits per heavy atom. The van der Waals surface area contributed by atoms with Crippen LogP contribution in [0.25, 0.3) is 0 Å². The van der Waals surface area contributed by atoms with Crippen molar-refractivity contribution >= 4 is 17.9 Å². The monoisotopic (exact) mass is 1140 g/mol. The number of allylic oxidation sites excluding steroid dienone is 20. The van der Waals surface area contributed by atoms with Crippen molar-refractivity contribution in [3.05, 3.63) is 122 Å². The largest absolute Gasteiger partial charge is 0.462 e. The summed E-state index contributed by atoms with van der Waals surface area (Å²) in [6, 6.07) is 0. The first kappa shape index (κ1) is 77.8. The summed E-state index contributed by atoms with van der Waals surface area (Å²) in [6.45, 7) is 6.47. The first-order chi connectivity index (χ1) is 40.5. The predicted octanol–water partition coefficient (Wildman–Crippen LogP) is 23.9. The van der Waals surface area contributed by atoms with Gasteiger partial charge >= 0.3 is 17.9 Å². The number of unbranched alkanes of at least 4 members (excludes halogenated alkanes) is 31. The van der Waals surface area contributed by atoms with Gasteiger partial charge in [-0.15, -0.1) is 0 Å². The Balaban J connectivity index is 4.08. The fraction of sp³-hybridized carbons (Fsp3) is 0.697. The van der Waals surface area contributed by atoms with E-state index in [1.807, 2.05) is 0 Å². The summed E-state index contributed by atoms with van der Waals surface area (Å²) in [5, 5.41) is 0. The van der Waals surface area contributed by atoms with E-state index in [0.717, 1.165) is 116 Å². The molecule has 1 atom stereocenters. The third-order valence-electron chi connectivity index (χ3n) is 14.7. The van der Waals surface area contributed by atoms with Gasteiger partial charge in [-0.05, 0) is 116 Å². The van der Waals surface area contributed by atoms with Crippen LogP contribution >= 0.6 is 0 Å². The van der Waals surface area contributed by atoms with E-state index < -0.39 is 6.10 Å². The van der Waals surface area contributed by atoms with Gasteiger partial charge < -0.3 is 14.2 Å². The van der Waals surface area contributed by atoms with Gasteiger partial charge in [0.1, 0.15) is 13.2 Å². The molecule has 0 bridgehead atoms. The zero-order valence-electron chi connectivity index (χ0n) is 53.7. The van der Waals surface area contributed by atoms with E-state index in [2.05, 4.69) is 142 Å². The first-order valence-electron chi connectivity index (χ1n) is 34.5. The Kier molecular flexibility index (Phi) is 65.8. The summed E-state index contributed by atoms with van der Waals surface area (Å²) in [5.41, 5.74) is 0. The Bertz CT molecular complexity index is 1690. The molecular weight excluding hydrogens is 1010 g/mol. The van der Waals surface area contributed by atoms with Crippen molar-refractivity contribution in [3.63, 3.8) is 0 Å². The fourth-order valence-electron chi connectivity index (χ4n) is 9.55. The summed E-state index contributed by atoms with van der Waals surface area (Å²) in [5.74, 6) is -0.889. The molecule has 0 amide bonds. The minimum absolute atomic E-state index is 0.0801. The number of rotatable bonds is 62. The second kappa shape index (κ2) is 69.3. The molecule has 0 aliphatic rings. The molecule has 0 aromatic heterocycles. The average Bonchev–Trinajstić information content (AvgIpc) is 3.47. The zero-order chi connectivity index (χ0) is 59.2. The van der Waals surface area contributed by atoms with Crippen molar-refractivity contribution in [1.82, 2.24) is 0 Å². The van der Waals surface area contributed by atoms with E-state index in [-0.39, 0.29) is 31.1 Å². The second-order valence-electron chi connectivity index (χ2n) is 22.7. The summed E-state index contributed by atoms with van der Waals surface area (Å²) in [6.07, 6.45) is 96.8. The van der Waals surface area contributed by atoms with Crippen LogP contribution in [-0.2, 0) is 28.6 Å². The van der Waals surface area contributed by atoms with Gasteiger partial charge in [0.15, 0.2) is 6.10 Å². The highest BCUT2D eigenvalue weighted by atomic mass is 16.6. The lowest BCUT2D eigenvalue weighted by Crippen LogP contribution is -2.30. The molecule has 6 nitrogen and oxygen atoms in total. The number of hydrogen-bond acceptors (Lipinski definition) is 6. The van der Waals surface area contributed by atoms with Crippen molar-refractivity contribution in [2.24, 2.45) is 0 Å². The molecular formula is C76H128O6. The maximum atomic E-state index is 12.9. The molecule has 6 heteroatoms. The molecule has 0 spiro atoms. The van der Waals surface area contributed by atoms with Gasteiger partial charge in [0, 0.05) is 19.3 Å². The summed E-state index contributed by atoms with van der Waals surface area (Å²) in [7, 11) is 0. The van der Waals surface area contributed by atoms with Crippen LogP contribution in [0.15, 0.2) is 122 Å². The standard InChI is InChI=1S/C76H128O6/c1-4-7-10-13-16-18-20-22-24-26-28-30-32-34-35-36-37-38-39-40-41-43-44-46-48-50-52-54-56-58-60-63-66-69-75(78)81-72-73(71-80-74(77)68-65-62-15-12-9-6-3)82-76(79)70-67-64-61-59-57-55-53-51-49-47-45-42-33-31-29-27-25-23-21-19-17-14-11-8-5-2/h7,10,16,18,21-24,27-30,33-35,37-38,40-42,73H,4-6,8-9,11-15,17,19-20,25-26,31-32,36,39,43-72H2,1-3H3/b10-7-,18-16-,23-21-,24-22-,29-27-,30-28-,35-34-,38-37-,41-40-,42-33-. The molecule has 0 aliphatic carbocycles. The lowest BCUT2D eigenvalue weighted by atomic mass is 10.0. The van der Waals surface area contributed by atoms with Gasteiger partial charge in [-0.3, -0.25) is 14.4 Å². The molecule has 468 valence electrons. The highest BCUT2D eigenvalue weighted by molar-refractivity contribution is 5.71. The maximum Gasteiger partial charge on any atom is 0.306 e. The number of ether oxygens (including phenoxy) is 3. The summed E-state index contributed by atoms with van der Waals surface area (Å²) >= 11 is 0. The van der Waals surface area contributed by atoms with Crippen molar-refractivity contribution in [1.29, 1.82) is 0 Å². The molecule has 0 rings (SSSR count). The second-order valence-corrected chi connectivity index (χ2v) is 22.7. The van der Waals surface area contributed by atoms with Crippen molar-refractivity contribution in [2.45, 2.75) is 329 Å². The third kappa shape index (κ3) is 66.6. The van der Waals surface area contributed by atoms with Gasteiger partial charge in [0.05, 0.1) is 0 Å². The maximum absolute atomic E-state index is 12.9. The van der Waals surface area contributed by atoms with Gasteiger partial charge in [0.25, 0.3) is 0 Å². The lowest BCUT2D eigenvalue weighted by Gasteiger charge is -2.18. The van der Waals surface area contributed by atoms with Crippen LogP contribution in [0.5, 0.6) is 0 Å². The van der Waals surface area contributed by atoms with E-state index in [0.29, 0.717) is 19.3 Å². The minimum Gasteiger partial charge on any atom is -0.462 e. The molecule has 0 saturated heterocycles. The highest BCUT2D eigenvalue weighted by Crippen LogP contribution is 2.16. The van der Waals surface area contributed by atoms with E-state index in [9.17, 15) is 14.4 Å². The van der Waals surface area contributed by atoms with E-state index in [1.165, 1.54) is 167 Å². The van der Waals surface area contributed by atoms with Crippen LogP contribution < -0.4 is 0 Å². The molecule has 0 aromatic carbocycles. The molecule has 0 aliphatic heterocycles. The van der Waals surface area contributed by atoms with Gasteiger partial charge in [-0.1, -0.05) is 309 Å². The van der Waals surface area contributed by atoms with Crippen LogP contribution in [0.4, 0.5) is 0 Å². The predicted molar refractivity (Wildman–Crippen MR) is 357 cm³/mol. The van der Waals surface area contributed by atoms with Crippen LogP contribution in [0, 0.1) is 0 Å². The van der Waals surface area contributed by atoms with Gasteiger partial charge in [-0.25, -0.2) is 0 Å². The topological polar surface area (TPSA) is 78.9 Å². The van der Waals surface area contributed by atoms with Crippen LogP contribution in [0.2, 0.25) is 0 Å². The van der Waals surface area contributed by atoms with Crippen LogP contribution in [-0.4, -0.2) is 37.2 Å². The van der Waals surface area contributed by atoms with Gasteiger partial charge in [-0.2, -0.15) is 0 Å². The average molecular weight is 1140 g/mol. The molecule has 0 N–H and O–H groups in total. The molecule has 0 aromatic rings. The Labute approximate surface area is 507 Å². The molecule has 0 radical (unpaired) electrons. The van der Waals surface area contributed by atoms with E-state index in [1.54, 1.807) is 0 Å². The number of carbonyl (C=O) groups is 3. The highest BCUT2D eigenvalue weighted by Gasteiger charge is 2.19. The Morgan fingerprint density at radius 2 is 0.476 bits per heavy atom. The molecule has 82 heavy (non-hydrogen) atoms. The SMILES string of the molecule is CC/C=C\C/C=C\C/C=C\C/C=C\C/C=C\C/C=C\C/C=C\CCCCCCCCCCCCCC(=O)OCC(COC(=O)CCCCCCCC)OC(=O)CCCCCCCCCCCC/C=C\C/C=C\C/C=C\CCCCCCC. The number of esters is 3. The lowest BCUT2D eigenvalue weighted by molar-refractivity contribution is -0.167. The molecule has 1 unspecified atom stereocenters. The summed E-state index contributed by atoms with van der Waals surface area (Å²) in [4.78, 5) is 38.1. The van der Waals surface area contributed by atoms with Crippen LogP contribution in [0.3, 0.4) is 0 Å². The van der Waals surface area contributed by atoms with E-state index in [4.69, 9.17) is 14.2 Å². The van der Waals surface area contributed by atoms with Crippen molar-refractivity contribution in [3.8, 4) is 0 Å². The molecule has 0 fully saturated rings. The van der Waals surface area contributed by atoms with Crippen molar-refractivity contribution < 1.29 is 28.6 Å². The number of carbonyl (C=O) groups excluding carboxylic acids is 3. The Hall–Kier alpha value is -4.19. The van der Waals surface area contributed by atoms with E-state index >= 15 is 0 Å². The van der Waals surface area contributed by atoms with Crippen molar-refractivity contribution in [2.75, 3.05) is 13.2 Å². The zero-order valence-corrected chi connectivity index (χ0v) is 53.7. The first-order valence-corrected chi connectivity index (χ1v) is 34.5. The van der Waals surface area contributed by atoms with Crippen LogP contribution in [0.1, 0.15) is 323 Å². The summed E-state index contributed by atoms with van der Waals surface area (Å²) < 4.78 is 16.8. The normalized spacial score (nSPS) is 12.9. The number of hydrogen-bond donors (Lipinski definition) is 0. The smallest absolute Gasteiger partial charge is 0.306 e. The van der Waals surface area contributed by atoms with Gasteiger partial charge in [0.2, 0.25) is 0 Å².